The van der Waals surface area contributed by atoms with Crippen molar-refractivity contribution in [3.63, 3.8) is 0 Å². The second-order valence-corrected chi connectivity index (χ2v) is 12.8. The Bertz CT molecular complexity index is 1570. The monoisotopic (exact) mass is 772 g/mol. The number of ether oxygens (including phenoxy) is 7. The highest BCUT2D eigenvalue weighted by Crippen LogP contribution is 2.33. The molecule has 3 heterocycles. The summed E-state index contributed by atoms with van der Waals surface area (Å²) < 4.78 is 39.8. The molecule has 0 unspecified atom stereocenters. The minimum Gasteiger partial charge on any atom is -0.504 e. The van der Waals surface area contributed by atoms with Crippen molar-refractivity contribution in [2.24, 2.45) is 0 Å². The van der Waals surface area contributed by atoms with Gasteiger partial charge in [-0.3, -0.25) is 0 Å². The van der Waals surface area contributed by atoms with Crippen LogP contribution in [0.5, 0.6) is 23.0 Å². The van der Waals surface area contributed by atoms with E-state index >= 15 is 0 Å². The standard InChI is InChI=1S/C34H44O20/c35-11-21-25(43)26(44)28(46)32(51-21)50-13-22-30(53-23(41)6-3-14-1-4-16(36)18(38)9-14)31(54-33-27(45)24(42)20(40)12-49-33)29(47)34(52-22)48-8-7-15-2-5-17(37)19(39)10-15/h1-6,9-10,20-22,24-40,42-47H,7-8,11-13H2/b6-3+/t20-,21-,22-,24+,25-,26+,27-,28-,29-,30-,31-,32-,33+,34-/m1/s1. The fourth-order valence-corrected chi connectivity index (χ4v) is 5.91. The van der Waals surface area contributed by atoms with Crippen LogP contribution in [0.4, 0.5) is 0 Å². The molecule has 12 N–H and O–H groups in total. The molecule has 3 aliphatic rings. The van der Waals surface area contributed by atoms with E-state index in [1.807, 2.05) is 0 Å². The minimum absolute atomic E-state index is 0.114. The van der Waals surface area contributed by atoms with Crippen molar-refractivity contribution in [1.82, 2.24) is 0 Å². The largest absolute Gasteiger partial charge is 0.504 e. The fraction of sp³-hybridized carbons (Fsp3) is 0.559. The van der Waals surface area contributed by atoms with Crippen LogP contribution in [0, 0.1) is 0 Å². The molecule has 0 saturated carbocycles. The first-order chi connectivity index (χ1) is 25.7. The van der Waals surface area contributed by atoms with Crippen LogP contribution in [0.1, 0.15) is 11.1 Å². The number of carbonyl (C=O) groups is 1. The smallest absolute Gasteiger partial charge is 0.331 e. The molecule has 0 aromatic heterocycles. The Morgan fingerprint density at radius 1 is 0.704 bits per heavy atom. The van der Waals surface area contributed by atoms with E-state index in [9.17, 15) is 66.1 Å². The van der Waals surface area contributed by atoms with Crippen molar-refractivity contribution >= 4 is 12.0 Å². The summed E-state index contributed by atoms with van der Waals surface area (Å²) >= 11 is 0. The van der Waals surface area contributed by atoms with E-state index in [0.29, 0.717) is 5.56 Å². The summed E-state index contributed by atoms with van der Waals surface area (Å²) in [6.07, 6.45) is -21.3. The van der Waals surface area contributed by atoms with E-state index < -0.39 is 123 Å². The number of phenolic OH excluding ortho intramolecular Hbond substituents is 4. The van der Waals surface area contributed by atoms with Gasteiger partial charge < -0.3 is 94.4 Å². The molecule has 3 aliphatic heterocycles. The molecule has 14 atom stereocenters. The summed E-state index contributed by atoms with van der Waals surface area (Å²) in [5.41, 5.74) is 0.775. The number of aromatic hydroxyl groups is 4. The van der Waals surface area contributed by atoms with Gasteiger partial charge in [-0.1, -0.05) is 12.1 Å². The first-order valence-electron chi connectivity index (χ1n) is 16.8. The van der Waals surface area contributed by atoms with Crippen molar-refractivity contribution in [3.8, 4) is 23.0 Å². The van der Waals surface area contributed by atoms with Crippen LogP contribution in [0.2, 0.25) is 0 Å². The average molecular weight is 773 g/mol. The number of phenols is 4. The Hall–Kier alpha value is -3.71. The lowest BCUT2D eigenvalue weighted by atomic mass is 9.97. The summed E-state index contributed by atoms with van der Waals surface area (Å²) in [7, 11) is 0. The Balaban J connectivity index is 1.42. The molecule has 54 heavy (non-hydrogen) atoms. The number of aliphatic hydroxyl groups is 8. The fourth-order valence-electron chi connectivity index (χ4n) is 5.91. The van der Waals surface area contributed by atoms with Crippen LogP contribution in [0.25, 0.3) is 6.08 Å². The first-order valence-corrected chi connectivity index (χ1v) is 16.8. The van der Waals surface area contributed by atoms with Gasteiger partial charge in [-0.25, -0.2) is 4.79 Å². The average Bonchev–Trinajstić information content (AvgIpc) is 3.15. The van der Waals surface area contributed by atoms with E-state index in [-0.39, 0.29) is 30.1 Å². The maximum Gasteiger partial charge on any atom is 0.331 e. The predicted octanol–water partition coefficient (Wildman–Crippen LogP) is -3.58. The Morgan fingerprint density at radius 3 is 2.04 bits per heavy atom. The third-order valence-electron chi connectivity index (χ3n) is 9.01. The molecule has 2 aromatic carbocycles. The zero-order chi connectivity index (χ0) is 39.3. The molecule has 0 aliphatic carbocycles. The lowest BCUT2D eigenvalue weighted by Gasteiger charge is -2.46. The maximum absolute atomic E-state index is 13.2. The SMILES string of the molecule is O=C(/C=C/c1ccc(O)c(O)c1)O[C@H]1[C@H](O[C@@H]2OC[C@@H](O)[C@H](O)[C@H]2O)[C@@H](O)[C@H](OCCc2ccc(O)c(O)c2)O[C@@H]1CO[C@@H]1O[C@H](CO)[C@@H](O)[C@H](O)[C@H]1O. The topological polar surface area (TPSA) is 324 Å². The van der Waals surface area contributed by atoms with Crippen molar-refractivity contribution in [3.05, 3.63) is 53.6 Å². The lowest BCUT2D eigenvalue weighted by molar-refractivity contribution is -0.358. The van der Waals surface area contributed by atoms with Crippen LogP contribution >= 0.6 is 0 Å². The number of aliphatic hydroxyl groups excluding tert-OH is 8. The van der Waals surface area contributed by atoms with Crippen molar-refractivity contribution in [2.45, 2.75) is 92.4 Å². The van der Waals surface area contributed by atoms with Gasteiger partial charge in [0.1, 0.15) is 61.0 Å². The van der Waals surface area contributed by atoms with E-state index in [4.69, 9.17) is 33.2 Å². The quantitative estimate of drug-likeness (QED) is 0.0532. The molecule has 0 amide bonds. The number of hydrogen-bond acceptors (Lipinski definition) is 20. The molecule has 0 spiro atoms. The van der Waals surface area contributed by atoms with Gasteiger partial charge in [-0.2, -0.15) is 0 Å². The van der Waals surface area contributed by atoms with Crippen LogP contribution in [0.15, 0.2) is 42.5 Å². The molecule has 3 saturated heterocycles. The molecule has 3 fully saturated rings. The van der Waals surface area contributed by atoms with Crippen LogP contribution in [0.3, 0.4) is 0 Å². The van der Waals surface area contributed by atoms with Crippen molar-refractivity contribution < 1.29 is 99.2 Å². The van der Waals surface area contributed by atoms with E-state index in [0.717, 1.165) is 12.1 Å². The van der Waals surface area contributed by atoms with Gasteiger partial charge in [-0.15, -0.1) is 0 Å². The molecule has 5 rings (SSSR count). The van der Waals surface area contributed by atoms with E-state index in [2.05, 4.69) is 0 Å². The second kappa shape index (κ2) is 18.3. The van der Waals surface area contributed by atoms with Crippen LogP contribution < -0.4 is 0 Å². The highest BCUT2D eigenvalue weighted by Gasteiger charge is 2.52. The number of hydrogen-bond donors (Lipinski definition) is 12. The minimum atomic E-state index is -1.87. The molecule has 300 valence electrons. The van der Waals surface area contributed by atoms with Gasteiger partial charge in [0.05, 0.1) is 26.4 Å². The molecule has 2 aromatic rings. The van der Waals surface area contributed by atoms with Gasteiger partial charge in [0.25, 0.3) is 0 Å². The normalized spacial score (nSPS) is 35.9. The Labute approximate surface area is 306 Å². The Morgan fingerprint density at radius 2 is 1.35 bits per heavy atom. The summed E-state index contributed by atoms with van der Waals surface area (Å²) in [6.45, 7) is -2.13. The zero-order valence-electron chi connectivity index (χ0n) is 28.4. The van der Waals surface area contributed by atoms with Crippen LogP contribution in [-0.2, 0) is 44.4 Å². The zero-order valence-corrected chi connectivity index (χ0v) is 28.4. The molecule has 20 nitrogen and oxygen atoms in total. The van der Waals surface area contributed by atoms with Gasteiger partial charge >= 0.3 is 5.97 Å². The molecular formula is C34H44O20. The molecule has 0 radical (unpaired) electrons. The lowest BCUT2D eigenvalue weighted by Crippen LogP contribution is -2.65. The number of benzene rings is 2. The maximum atomic E-state index is 13.2. The predicted molar refractivity (Wildman–Crippen MR) is 175 cm³/mol. The summed E-state index contributed by atoms with van der Waals surface area (Å²) in [5, 5.41) is 122. The molecule has 0 bridgehead atoms. The van der Waals surface area contributed by atoms with Gasteiger partial charge in [0.2, 0.25) is 0 Å². The van der Waals surface area contributed by atoms with Gasteiger partial charge in [0.15, 0.2) is 48.0 Å². The molecule has 20 heteroatoms. The Kier molecular flexibility index (Phi) is 14.0. The summed E-state index contributed by atoms with van der Waals surface area (Å²) in [6, 6.07) is 7.74. The number of esters is 1. The summed E-state index contributed by atoms with van der Waals surface area (Å²) in [5.74, 6) is -2.70. The third-order valence-corrected chi connectivity index (χ3v) is 9.01. The molecular weight excluding hydrogens is 728 g/mol. The van der Waals surface area contributed by atoms with Crippen molar-refractivity contribution in [1.29, 1.82) is 0 Å². The van der Waals surface area contributed by atoms with E-state index in [1.165, 1.54) is 36.4 Å². The van der Waals surface area contributed by atoms with Gasteiger partial charge in [-0.05, 0) is 47.9 Å². The highest BCUT2D eigenvalue weighted by molar-refractivity contribution is 5.87. The van der Waals surface area contributed by atoms with Gasteiger partial charge in [0, 0.05) is 6.08 Å². The third kappa shape index (κ3) is 9.74. The highest BCUT2D eigenvalue weighted by atomic mass is 16.8. The first kappa shape index (κ1) is 41.5. The number of rotatable bonds is 13. The number of carbonyl (C=O) groups excluding carboxylic acids is 1. The summed E-state index contributed by atoms with van der Waals surface area (Å²) in [4.78, 5) is 13.2. The van der Waals surface area contributed by atoms with Crippen LogP contribution in [-0.4, -0.2) is 180 Å². The second-order valence-electron chi connectivity index (χ2n) is 12.8. The van der Waals surface area contributed by atoms with E-state index in [1.54, 1.807) is 0 Å². The van der Waals surface area contributed by atoms with Crippen molar-refractivity contribution in [2.75, 3.05) is 26.4 Å².